The molecule has 1 saturated heterocycles. The quantitative estimate of drug-likeness (QED) is 0.556. The Kier molecular flexibility index (Phi) is 7.81. The molecule has 1 unspecified atom stereocenters. The Balaban J connectivity index is 1.75. The third kappa shape index (κ3) is 5.94. The number of rotatable bonds is 8. The molecule has 1 fully saturated rings. The van der Waals surface area contributed by atoms with E-state index in [-0.39, 0.29) is 42.6 Å². The van der Waals surface area contributed by atoms with Crippen LogP contribution >= 0.6 is 23.2 Å². The molecule has 0 aliphatic carbocycles. The summed E-state index contributed by atoms with van der Waals surface area (Å²) in [6.45, 7) is 2.37. The minimum Gasteiger partial charge on any atom is -0.481 e. The predicted molar refractivity (Wildman–Crippen MR) is 121 cm³/mol. The van der Waals surface area contributed by atoms with Gasteiger partial charge in [-0.3, -0.25) is 14.5 Å². The number of carbonyl (C=O) groups is 3. The molecular weight excluding hydrogens is 474 g/mol. The van der Waals surface area contributed by atoms with E-state index in [2.05, 4.69) is 0 Å². The van der Waals surface area contributed by atoms with E-state index in [1.54, 1.807) is 31.2 Å². The molecule has 33 heavy (non-hydrogen) atoms. The van der Waals surface area contributed by atoms with Crippen LogP contribution in [0.15, 0.2) is 42.5 Å². The molecule has 0 radical (unpaired) electrons. The van der Waals surface area contributed by atoms with Crippen LogP contribution < -0.4 is 4.74 Å². The smallest absolute Gasteiger partial charge is 0.416 e. The Labute approximate surface area is 200 Å². The van der Waals surface area contributed by atoms with E-state index in [1.165, 1.54) is 15.9 Å². The summed E-state index contributed by atoms with van der Waals surface area (Å²) in [5, 5.41) is 9.47. The molecule has 1 N–H and O–H groups in total. The summed E-state index contributed by atoms with van der Waals surface area (Å²) in [7, 11) is 0. The fraction of sp³-hybridized carbons (Fsp3) is 0.348. The lowest BCUT2D eigenvalue weighted by molar-refractivity contribution is -0.150. The SMILES string of the molecule is CC1(C(=O)N(CCCC(=O)O)Cc2ccc(Cl)cc2)CCN1C(=O)Oc1ccc(F)cc1Cl. The number of halogens is 3. The van der Waals surface area contributed by atoms with E-state index in [9.17, 15) is 18.8 Å². The van der Waals surface area contributed by atoms with E-state index in [4.69, 9.17) is 33.0 Å². The average molecular weight is 497 g/mol. The van der Waals surface area contributed by atoms with Crippen molar-refractivity contribution in [3.63, 3.8) is 0 Å². The van der Waals surface area contributed by atoms with Crippen LogP contribution in [0.25, 0.3) is 0 Å². The van der Waals surface area contributed by atoms with Gasteiger partial charge in [0.05, 0.1) is 5.02 Å². The van der Waals surface area contributed by atoms with Gasteiger partial charge in [-0.05, 0) is 55.7 Å². The van der Waals surface area contributed by atoms with Gasteiger partial charge in [-0.2, -0.15) is 0 Å². The summed E-state index contributed by atoms with van der Waals surface area (Å²) in [4.78, 5) is 40.0. The fourth-order valence-corrected chi connectivity index (χ4v) is 3.94. The molecule has 10 heteroatoms. The first-order valence-electron chi connectivity index (χ1n) is 10.3. The number of hydrogen-bond donors (Lipinski definition) is 1. The molecule has 0 spiro atoms. The van der Waals surface area contributed by atoms with Gasteiger partial charge in [0.25, 0.3) is 0 Å². The number of carboxylic acids is 1. The highest BCUT2D eigenvalue weighted by atomic mass is 35.5. The Morgan fingerprint density at radius 1 is 1.18 bits per heavy atom. The second-order valence-electron chi connectivity index (χ2n) is 7.97. The van der Waals surface area contributed by atoms with Crippen LogP contribution in [0.5, 0.6) is 5.75 Å². The summed E-state index contributed by atoms with van der Waals surface area (Å²) >= 11 is 11.9. The van der Waals surface area contributed by atoms with Crippen molar-refractivity contribution in [2.24, 2.45) is 0 Å². The minimum absolute atomic E-state index is 0.00996. The number of amides is 2. The zero-order chi connectivity index (χ0) is 24.2. The summed E-state index contributed by atoms with van der Waals surface area (Å²) in [5.41, 5.74) is -0.350. The standard InChI is InChI=1S/C23H23Cl2FN2O5/c1-23(10-12-28(23)22(32)33-19-9-8-17(26)13-18(19)25)21(31)27(11-2-3-20(29)30)14-15-4-6-16(24)7-5-15/h4-9,13H,2-3,10-12,14H2,1H3,(H,29,30). The maximum Gasteiger partial charge on any atom is 0.416 e. The number of carboxylic acid groups (broad SMARTS) is 1. The average Bonchev–Trinajstić information content (AvgIpc) is 2.74. The van der Waals surface area contributed by atoms with Crippen molar-refractivity contribution in [2.75, 3.05) is 13.1 Å². The topological polar surface area (TPSA) is 87.2 Å². The molecule has 0 bridgehead atoms. The highest BCUT2D eigenvalue weighted by Gasteiger charge is 2.52. The van der Waals surface area contributed by atoms with Crippen molar-refractivity contribution in [3.05, 3.63) is 63.9 Å². The van der Waals surface area contributed by atoms with Gasteiger partial charge >= 0.3 is 12.1 Å². The molecule has 0 aromatic heterocycles. The van der Waals surface area contributed by atoms with Crippen LogP contribution in [0.2, 0.25) is 10.0 Å². The lowest BCUT2D eigenvalue weighted by Gasteiger charge is -2.49. The normalized spacial score (nSPS) is 17.3. The van der Waals surface area contributed by atoms with Gasteiger partial charge in [0.15, 0.2) is 5.75 Å². The zero-order valence-corrected chi connectivity index (χ0v) is 19.4. The van der Waals surface area contributed by atoms with E-state index in [0.717, 1.165) is 17.7 Å². The van der Waals surface area contributed by atoms with Gasteiger partial charge in [-0.15, -0.1) is 0 Å². The molecule has 176 valence electrons. The van der Waals surface area contributed by atoms with E-state index in [1.807, 2.05) is 0 Å². The summed E-state index contributed by atoms with van der Waals surface area (Å²) in [6, 6.07) is 10.4. The first-order valence-corrected chi connectivity index (χ1v) is 11.1. The summed E-state index contributed by atoms with van der Waals surface area (Å²) in [5.74, 6) is -1.85. The lowest BCUT2D eigenvalue weighted by atomic mass is 9.85. The number of hydrogen-bond acceptors (Lipinski definition) is 4. The van der Waals surface area contributed by atoms with Gasteiger partial charge < -0.3 is 14.7 Å². The Bertz CT molecular complexity index is 1050. The Morgan fingerprint density at radius 3 is 2.45 bits per heavy atom. The predicted octanol–water partition coefficient (Wildman–Crippen LogP) is 4.99. The van der Waals surface area contributed by atoms with Gasteiger partial charge in [-0.1, -0.05) is 35.3 Å². The molecule has 1 aliphatic rings. The van der Waals surface area contributed by atoms with Crippen molar-refractivity contribution in [1.82, 2.24) is 9.80 Å². The second-order valence-corrected chi connectivity index (χ2v) is 8.81. The van der Waals surface area contributed by atoms with Gasteiger partial charge in [0, 0.05) is 31.1 Å². The lowest BCUT2D eigenvalue weighted by Crippen LogP contribution is -2.68. The van der Waals surface area contributed by atoms with Crippen LogP contribution in [0.3, 0.4) is 0 Å². The maximum absolute atomic E-state index is 13.5. The fourth-order valence-electron chi connectivity index (χ4n) is 3.61. The molecule has 2 amide bonds. The van der Waals surface area contributed by atoms with Crippen molar-refractivity contribution < 1.29 is 28.6 Å². The summed E-state index contributed by atoms with van der Waals surface area (Å²) in [6.07, 6.45) is -0.188. The molecule has 1 heterocycles. The van der Waals surface area contributed by atoms with Crippen LogP contribution in [0.1, 0.15) is 31.7 Å². The molecule has 2 aromatic carbocycles. The first-order chi connectivity index (χ1) is 15.6. The van der Waals surface area contributed by atoms with Crippen molar-refractivity contribution >= 4 is 41.2 Å². The van der Waals surface area contributed by atoms with Gasteiger partial charge in [0.2, 0.25) is 5.91 Å². The third-order valence-electron chi connectivity index (χ3n) is 5.58. The van der Waals surface area contributed by atoms with Crippen molar-refractivity contribution in [3.8, 4) is 5.75 Å². The van der Waals surface area contributed by atoms with Gasteiger partial charge in [-0.25, -0.2) is 9.18 Å². The van der Waals surface area contributed by atoms with Gasteiger partial charge in [0.1, 0.15) is 11.4 Å². The minimum atomic E-state index is -1.17. The molecule has 7 nitrogen and oxygen atoms in total. The van der Waals surface area contributed by atoms with Crippen LogP contribution in [-0.2, 0) is 16.1 Å². The van der Waals surface area contributed by atoms with E-state index in [0.29, 0.717) is 18.0 Å². The maximum atomic E-state index is 13.5. The molecule has 2 aromatic rings. The number of carbonyl (C=O) groups excluding carboxylic acids is 2. The number of ether oxygens (including phenoxy) is 1. The molecular formula is C23H23Cl2FN2O5. The largest absolute Gasteiger partial charge is 0.481 e. The Morgan fingerprint density at radius 2 is 1.88 bits per heavy atom. The Hall–Kier alpha value is -2.84. The van der Waals surface area contributed by atoms with E-state index >= 15 is 0 Å². The first kappa shape index (κ1) is 24.8. The van der Waals surface area contributed by atoms with Crippen molar-refractivity contribution in [2.45, 2.75) is 38.3 Å². The number of nitrogens with zero attached hydrogens (tertiary/aromatic N) is 2. The number of likely N-dealkylation sites (tertiary alicyclic amines) is 1. The van der Waals surface area contributed by atoms with Crippen LogP contribution in [0.4, 0.5) is 9.18 Å². The summed E-state index contributed by atoms with van der Waals surface area (Å²) < 4.78 is 18.6. The molecule has 1 aliphatic heterocycles. The van der Waals surface area contributed by atoms with Crippen LogP contribution in [0, 0.1) is 5.82 Å². The molecule has 1 atom stereocenters. The van der Waals surface area contributed by atoms with Crippen molar-refractivity contribution in [1.29, 1.82) is 0 Å². The second kappa shape index (κ2) is 10.4. The van der Waals surface area contributed by atoms with Crippen LogP contribution in [-0.4, -0.2) is 51.5 Å². The number of aliphatic carboxylic acids is 1. The third-order valence-corrected chi connectivity index (χ3v) is 6.13. The monoisotopic (exact) mass is 496 g/mol. The molecule has 3 rings (SSSR count). The number of benzene rings is 2. The highest BCUT2D eigenvalue weighted by molar-refractivity contribution is 6.32. The molecule has 0 saturated carbocycles. The highest BCUT2D eigenvalue weighted by Crippen LogP contribution is 2.35. The van der Waals surface area contributed by atoms with E-state index < -0.39 is 23.4 Å². The zero-order valence-electron chi connectivity index (χ0n) is 17.9.